The van der Waals surface area contributed by atoms with E-state index in [1.165, 1.54) is 6.92 Å². The normalized spacial score (nSPS) is 29.3. The molecule has 0 aromatic carbocycles. The van der Waals surface area contributed by atoms with Crippen LogP contribution in [-0.2, 0) is 38.7 Å². The number of ether oxygens (including phenoxy) is 3. The van der Waals surface area contributed by atoms with Crippen molar-refractivity contribution in [2.24, 2.45) is 23.7 Å². The van der Waals surface area contributed by atoms with E-state index in [-0.39, 0.29) is 6.42 Å². The van der Waals surface area contributed by atoms with Crippen LogP contribution in [0.5, 0.6) is 0 Å². The lowest BCUT2D eigenvalue weighted by atomic mass is 9.85. The number of rotatable bonds is 5. The van der Waals surface area contributed by atoms with E-state index in [0.29, 0.717) is 0 Å². The molecule has 5 atom stereocenters. The molecule has 9 nitrogen and oxygen atoms in total. The van der Waals surface area contributed by atoms with Gasteiger partial charge in [0.2, 0.25) is 0 Å². The van der Waals surface area contributed by atoms with Gasteiger partial charge in [-0.25, -0.2) is 0 Å². The number of esters is 3. The van der Waals surface area contributed by atoms with Crippen molar-refractivity contribution in [3.63, 3.8) is 0 Å². The number of hydrogen-bond acceptors (Lipinski definition) is 8. The third-order valence-corrected chi connectivity index (χ3v) is 5.86. The quantitative estimate of drug-likeness (QED) is 0.350. The molecule has 2 aliphatic rings. The monoisotopic (exact) mass is 486 g/mol. The molecule has 0 aromatic rings. The van der Waals surface area contributed by atoms with E-state index >= 15 is 0 Å². The molecule has 2 fully saturated rings. The van der Waals surface area contributed by atoms with Crippen LogP contribution in [-0.4, -0.2) is 60.9 Å². The van der Waals surface area contributed by atoms with Crippen LogP contribution in [0.3, 0.4) is 0 Å². The van der Waals surface area contributed by atoms with Gasteiger partial charge < -0.3 is 14.2 Å². The second-order valence-electron chi connectivity index (χ2n) is 7.31. The van der Waals surface area contributed by atoms with Crippen molar-refractivity contribution in [3.8, 4) is 0 Å². The molecule has 5 unspecified atom stereocenters. The van der Waals surface area contributed by atoms with Crippen molar-refractivity contribution in [2.45, 2.75) is 44.5 Å². The molecule has 1 heterocycles. The fraction of sp³-hybridized carbons (Fsp3) is 0.800. The van der Waals surface area contributed by atoms with Gasteiger partial charge in [0.25, 0.3) is 16.4 Å². The molecule has 0 aromatic heterocycles. The Morgan fingerprint density at radius 3 is 2.10 bits per heavy atom. The first-order valence-corrected chi connectivity index (χ1v) is 10.1. The Balaban J connectivity index is 2.51. The third kappa shape index (κ3) is 4.73. The van der Waals surface area contributed by atoms with Crippen molar-refractivity contribution >= 4 is 28.0 Å². The highest BCUT2D eigenvalue weighted by Gasteiger charge is 2.76. The predicted molar refractivity (Wildman–Crippen MR) is 83.2 cm³/mol. The standard InChI is InChI=1S/C15H16F6O9S/c1-5-3-7-9(8(5)10(23)29-12(7)28-6(2)22)11(24)30-13(14(16,17)18,15(19,20)21)4-31(25,26)27/h5,7-9,12H,3-4H2,1-2H3,(H,25,26,27). The van der Waals surface area contributed by atoms with Crippen LogP contribution in [0.4, 0.5) is 26.3 Å². The molecule has 1 saturated carbocycles. The Labute approximate surface area is 170 Å². The van der Waals surface area contributed by atoms with Gasteiger partial charge in [0, 0.05) is 12.8 Å². The highest BCUT2D eigenvalue weighted by atomic mass is 32.2. The average molecular weight is 486 g/mol. The van der Waals surface area contributed by atoms with Crippen LogP contribution in [0.1, 0.15) is 20.3 Å². The molecular weight excluding hydrogens is 470 g/mol. The van der Waals surface area contributed by atoms with E-state index in [2.05, 4.69) is 4.74 Å². The lowest BCUT2D eigenvalue weighted by Crippen LogP contribution is -2.64. The minimum atomic E-state index is -6.51. The Hall–Kier alpha value is -2.10. The number of halogens is 6. The van der Waals surface area contributed by atoms with E-state index in [0.717, 1.165) is 6.92 Å². The first kappa shape index (κ1) is 25.2. The summed E-state index contributed by atoms with van der Waals surface area (Å²) in [7, 11) is -5.96. The Kier molecular flexibility index (Phi) is 6.33. The van der Waals surface area contributed by atoms with Crippen LogP contribution in [0.15, 0.2) is 0 Å². The molecule has 1 N–H and O–H groups in total. The van der Waals surface area contributed by atoms with Gasteiger partial charge in [0.1, 0.15) is 5.75 Å². The minimum Gasteiger partial charge on any atom is -0.438 e. The van der Waals surface area contributed by atoms with Crippen molar-refractivity contribution in [3.05, 3.63) is 0 Å². The second kappa shape index (κ2) is 7.79. The van der Waals surface area contributed by atoms with Gasteiger partial charge >= 0.3 is 35.9 Å². The number of carbonyl (C=O) groups excluding carboxylic acids is 3. The molecule has 0 radical (unpaired) electrons. The zero-order valence-corrected chi connectivity index (χ0v) is 16.5. The molecule has 178 valence electrons. The maximum Gasteiger partial charge on any atom is 0.438 e. The minimum absolute atomic E-state index is 0.155. The Bertz CT molecular complexity index is 851. The lowest BCUT2D eigenvalue weighted by Gasteiger charge is -2.39. The summed E-state index contributed by atoms with van der Waals surface area (Å²) in [6.07, 6.45) is -14.9. The summed E-state index contributed by atoms with van der Waals surface area (Å²) in [5.74, 6) is -13.1. The summed E-state index contributed by atoms with van der Waals surface area (Å²) in [5, 5.41) is 0. The molecule has 0 spiro atoms. The predicted octanol–water partition coefficient (Wildman–Crippen LogP) is 1.62. The zero-order chi connectivity index (χ0) is 24.2. The third-order valence-electron chi connectivity index (χ3n) is 5.09. The van der Waals surface area contributed by atoms with Crippen molar-refractivity contribution < 1.29 is 67.9 Å². The van der Waals surface area contributed by atoms with E-state index in [1.54, 1.807) is 0 Å². The number of hydrogen-bond donors (Lipinski definition) is 1. The molecule has 1 aliphatic heterocycles. The van der Waals surface area contributed by atoms with E-state index in [1.807, 2.05) is 0 Å². The smallest absolute Gasteiger partial charge is 0.438 e. The fourth-order valence-corrected chi connectivity index (χ4v) is 4.75. The SMILES string of the molecule is CC(=O)OC1OC(=O)C2C(C)CC1C2C(=O)OC(CS(=O)(=O)O)(C(F)(F)F)C(F)(F)F. The van der Waals surface area contributed by atoms with E-state index in [4.69, 9.17) is 14.0 Å². The number of cyclic esters (lactones) is 1. The highest BCUT2D eigenvalue weighted by molar-refractivity contribution is 7.85. The lowest BCUT2D eigenvalue weighted by molar-refractivity contribution is -0.363. The van der Waals surface area contributed by atoms with Gasteiger partial charge in [0.05, 0.1) is 11.8 Å². The van der Waals surface area contributed by atoms with Crippen molar-refractivity contribution in [1.29, 1.82) is 0 Å². The zero-order valence-electron chi connectivity index (χ0n) is 15.7. The first-order valence-electron chi connectivity index (χ1n) is 8.50. The highest BCUT2D eigenvalue weighted by Crippen LogP contribution is 2.52. The Morgan fingerprint density at radius 1 is 1.16 bits per heavy atom. The molecular formula is C15H16F6O9S. The average Bonchev–Trinajstić information content (AvgIpc) is 2.81. The summed E-state index contributed by atoms with van der Waals surface area (Å²) in [6, 6.07) is 0. The van der Waals surface area contributed by atoms with Gasteiger partial charge in [0.15, 0.2) is 0 Å². The topological polar surface area (TPSA) is 133 Å². The summed E-state index contributed by atoms with van der Waals surface area (Å²) in [5.41, 5.74) is -5.61. The van der Waals surface area contributed by atoms with Crippen LogP contribution in [0, 0.1) is 23.7 Å². The number of fused-ring (bicyclic) bond motifs is 2. The molecule has 2 bridgehead atoms. The Morgan fingerprint density at radius 2 is 1.68 bits per heavy atom. The van der Waals surface area contributed by atoms with Crippen LogP contribution in [0.25, 0.3) is 0 Å². The van der Waals surface area contributed by atoms with Gasteiger partial charge in [-0.1, -0.05) is 6.92 Å². The molecule has 16 heteroatoms. The van der Waals surface area contributed by atoms with E-state index in [9.17, 15) is 49.1 Å². The number of carbonyl (C=O) groups is 3. The summed E-state index contributed by atoms with van der Waals surface area (Å²) >= 11 is 0. The van der Waals surface area contributed by atoms with E-state index < -0.39 is 81.7 Å². The number of alkyl halides is 6. The molecule has 31 heavy (non-hydrogen) atoms. The molecule has 1 saturated heterocycles. The van der Waals surface area contributed by atoms with Crippen LogP contribution in [0.2, 0.25) is 0 Å². The largest absolute Gasteiger partial charge is 0.438 e. The van der Waals surface area contributed by atoms with Crippen LogP contribution < -0.4 is 0 Å². The van der Waals surface area contributed by atoms with Crippen LogP contribution >= 0.6 is 0 Å². The summed E-state index contributed by atoms with van der Waals surface area (Å²) < 4.78 is 124. The van der Waals surface area contributed by atoms with Gasteiger partial charge in [-0.15, -0.1) is 0 Å². The maximum atomic E-state index is 13.4. The van der Waals surface area contributed by atoms with Gasteiger partial charge in [-0.2, -0.15) is 34.8 Å². The van der Waals surface area contributed by atoms with Gasteiger partial charge in [-0.3, -0.25) is 18.9 Å². The second-order valence-corrected chi connectivity index (χ2v) is 8.77. The fourth-order valence-electron chi connectivity index (χ4n) is 3.85. The van der Waals surface area contributed by atoms with Gasteiger partial charge in [-0.05, 0) is 12.3 Å². The summed E-state index contributed by atoms with van der Waals surface area (Å²) in [6.45, 7) is 2.25. The molecule has 0 amide bonds. The molecule has 1 aliphatic carbocycles. The van der Waals surface area contributed by atoms with Crippen molar-refractivity contribution in [1.82, 2.24) is 0 Å². The first-order chi connectivity index (χ1) is 13.8. The van der Waals surface area contributed by atoms with Crippen molar-refractivity contribution in [2.75, 3.05) is 5.75 Å². The summed E-state index contributed by atoms with van der Waals surface area (Å²) in [4.78, 5) is 35.9. The molecule has 2 rings (SSSR count). The maximum absolute atomic E-state index is 13.4.